The summed E-state index contributed by atoms with van der Waals surface area (Å²) < 4.78 is 43.4. The average Bonchev–Trinajstić information content (AvgIpc) is 3.17. The molecule has 0 unspecified atom stereocenters. The van der Waals surface area contributed by atoms with Gasteiger partial charge in [0.25, 0.3) is 0 Å². The predicted octanol–water partition coefficient (Wildman–Crippen LogP) is 4.40. The number of hydrogen-bond donors (Lipinski definition) is 0. The molecule has 2 atom stereocenters. The van der Waals surface area contributed by atoms with Crippen molar-refractivity contribution in [2.75, 3.05) is 0 Å². The van der Waals surface area contributed by atoms with Crippen LogP contribution in [-0.4, -0.2) is 15.9 Å². The van der Waals surface area contributed by atoms with Gasteiger partial charge in [0.1, 0.15) is 11.2 Å². The molecule has 2 fully saturated rings. The molecule has 2 bridgehead atoms. The monoisotopic (exact) mass is 350 g/mol. The Balaban J connectivity index is 1.71. The van der Waals surface area contributed by atoms with Crippen LogP contribution in [0.4, 0.5) is 13.2 Å². The third kappa shape index (κ3) is 2.10. The first-order chi connectivity index (χ1) is 11.7. The van der Waals surface area contributed by atoms with Gasteiger partial charge in [0.2, 0.25) is 11.7 Å². The largest absolute Gasteiger partial charge is 0.416 e. The molecule has 0 radical (unpaired) electrons. The molecule has 4 nitrogen and oxygen atoms in total. The van der Waals surface area contributed by atoms with Crippen molar-refractivity contribution >= 4 is 5.78 Å². The molecule has 2 saturated carbocycles. The molecule has 1 heterocycles. The van der Waals surface area contributed by atoms with E-state index in [1.165, 1.54) is 12.1 Å². The maximum absolute atomic E-state index is 12.7. The molecule has 1 aromatic carbocycles. The fraction of sp³-hybridized carbons (Fsp3) is 0.500. The summed E-state index contributed by atoms with van der Waals surface area (Å²) in [4.78, 5) is 17.0. The van der Waals surface area contributed by atoms with Gasteiger partial charge in [-0.3, -0.25) is 4.79 Å². The minimum atomic E-state index is -4.39. The van der Waals surface area contributed by atoms with Crippen LogP contribution in [0.2, 0.25) is 0 Å². The van der Waals surface area contributed by atoms with E-state index in [2.05, 4.69) is 24.0 Å². The minimum Gasteiger partial charge on any atom is -0.338 e. The van der Waals surface area contributed by atoms with Crippen molar-refractivity contribution in [1.29, 1.82) is 0 Å². The van der Waals surface area contributed by atoms with Gasteiger partial charge in [-0.1, -0.05) is 31.1 Å². The molecule has 25 heavy (non-hydrogen) atoms. The van der Waals surface area contributed by atoms with E-state index in [0.717, 1.165) is 18.6 Å². The van der Waals surface area contributed by atoms with E-state index in [0.29, 0.717) is 24.3 Å². The molecule has 0 spiro atoms. The quantitative estimate of drug-likeness (QED) is 0.805. The number of aromatic nitrogens is 2. The first-order valence-corrected chi connectivity index (χ1v) is 8.21. The van der Waals surface area contributed by atoms with Gasteiger partial charge in [0.05, 0.1) is 5.56 Å². The third-order valence-electron chi connectivity index (χ3n) is 6.16. The lowest BCUT2D eigenvalue weighted by Gasteiger charge is -2.32. The Bertz CT molecular complexity index is 839. The summed E-state index contributed by atoms with van der Waals surface area (Å²) in [6, 6.07) is 4.60. The predicted molar refractivity (Wildman–Crippen MR) is 82.5 cm³/mol. The van der Waals surface area contributed by atoms with Gasteiger partial charge < -0.3 is 4.52 Å². The Hall–Kier alpha value is -2.18. The zero-order chi connectivity index (χ0) is 18.0. The Kier molecular flexibility index (Phi) is 3.21. The van der Waals surface area contributed by atoms with Crippen LogP contribution in [0.3, 0.4) is 0 Å². The second-order valence-electron chi connectivity index (χ2n) is 7.49. The lowest BCUT2D eigenvalue weighted by Crippen LogP contribution is -2.40. The van der Waals surface area contributed by atoms with Crippen LogP contribution >= 0.6 is 0 Å². The molecule has 1 aromatic heterocycles. The molecule has 0 saturated heterocycles. The number of halogens is 3. The van der Waals surface area contributed by atoms with Gasteiger partial charge in [0, 0.05) is 12.0 Å². The standard InChI is InChI=1S/C18H17F3N2O2/c1-16(2)12-7-8-17(16,13(24)9-12)15-22-14(23-25-15)10-3-5-11(6-4-10)18(19,20)21/h3-6,12H,7-9H2,1-2H3/t12-,17+/m1/s1. The van der Waals surface area contributed by atoms with E-state index in [1.54, 1.807) is 0 Å². The van der Waals surface area contributed by atoms with Crippen molar-refractivity contribution < 1.29 is 22.5 Å². The molecule has 0 aliphatic heterocycles. The number of carbonyl (C=O) groups is 1. The zero-order valence-electron chi connectivity index (χ0n) is 13.9. The first-order valence-electron chi connectivity index (χ1n) is 8.21. The van der Waals surface area contributed by atoms with E-state index in [4.69, 9.17) is 4.52 Å². The maximum atomic E-state index is 12.7. The van der Waals surface area contributed by atoms with Crippen LogP contribution in [0.5, 0.6) is 0 Å². The molecule has 2 aliphatic carbocycles. The number of alkyl halides is 3. The second-order valence-corrected chi connectivity index (χ2v) is 7.49. The molecule has 0 N–H and O–H groups in total. The molecular formula is C18H17F3N2O2. The van der Waals surface area contributed by atoms with Gasteiger partial charge in [-0.05, 0) is 36.3 Å². The fourth-order valence-electron chi connectivity index (χ4n) is 4.50. The SMILES string of the molecule is CC1(C)[C@@H]2CC[C@@]1(c1nc(-c3ccc(C(F)(F)F)cc3)no1)C(=O)C2. The highest BCUT2D eigenvalue weighted by Crippen LogP contribution is 2.64. The van der Waals surface area contributed by atoms with Crippen LogP contribution < -0.4 is 0 Å². The Morgan fingerprint density at radius 2 is 1.88 bits per heavy atom. The molecule has 4 rings (SSSR count). The number of nitrogens with zero attached hydrogens (tertiary/aromatic N) is 2. The molecule has 0 amide bonds. The molecule has 2 aromatic rings. The van der Waals surface area contributed by atoms with Crippen molar-refractivity contribution in [1.82, 2.24) is 10.1 Å². The van der Waals surface area contributed by atoms with Crippen LogP contribution in [0, 0.1) is 11.3 Å². The van der Waals surface area contributed by atoms with E-state index in [9.17, 15) is 18.0 Å². The normalized spacial score (nSPS) is 27.9. The van der Waals surface area contributed by atoms with Gasteiger partial charge in [0.15, 0.2) is 0 Å². The third-order valence-corrected chi connectivity index (χ3v) is 6.16. The average molecular weight is 350 g/mol. The maximum Gasteiger partial charge on any atom is 0.416 e. The summed E-state index contributed by atoms with van der Waals surface area (Å²) in [7, 11) is 0. The van der Waals surface area contributed by atoms with Gasteiger partial charge in [-0.25, -0.2) is 0 Å². The number of benzene rings is 1. The van der Waals surface area contributed by atoms with Crippen molar-refractivity contribution in [2.24, 2.45) is 11.3 Å². The van der Waals surface area contributed by atoms with Gasteiger partial charge in [-0.15, -0.1) is 0 Å². The van der Waals surface area contributed by atoms with Gasteiger partial charge in [-0.2, -0.15) is 18.2 Å². The van der Waals surface area contributed by atoms with Crippen molar-refractivity contribution in [3.8, 4) is 11.4 Å². The number of rotatable bonds is 2. The Morgan fingerprint density at radius 3 is 2.40 bits per heavy atom. The number of carbonyl (C=O) groups excluding carboxylic acids is 1. The van der Waals surface area contributed by atoms with Crippen LogP contribution in [0.15, 0.2) is 28.8 Å². The second kappa shape index (κ2) is 4.93. The van der Waals surface area contributed by atoms with Crippen molar-refractivity contribution in [3.63, 3.8) is 0 Å². The summed E-state index contributed by atoms with van der Waals surface area (Å²) in [6.07, 6.45) is -2.25. The Labute approximate surface area is 142 Å². The van der Waals surface area contributed by atoms with Crippen LogP contribution in [0.25, 0.3) is 11.4 Å². The van der Waals surface area contributed by atoms with E-state index in [-0.39, 0.29) is 22.9 Å². The van der Waals surface area contributed by atoms with E-state index in [1.807, 2.05) is 0 Å². The number of fused-ring (bicyclic) bond motifs is 2. The number of ketones is 1. The Morgan fingerprint density at radius 1 is 1.20 bits per heavy atom. The number of Topliss-reactive ketones (excluding diaryl/α,β-unsaturated/α-hetero) is 1. The summed E-state index contributed by atoms with van der Waals surface area (Å²) in [5, 5.41) is 3.91. The fourth-order valence-corrected chi connectivity index (χ4v) is 4.50. The molecule has 7 heteroatoms. The summed E-state index contributed by atoms with van der Waals surface area (Å²) in [5.41, 5.74) is -1.33. The van der Waals surface area contributed by atoms with Crippen LogP contribution in [-0.2, 0) is 16.4 Å². The molecule has 132 valence electrons. The van der Waals surface area contributed by atoms with Gasteiger partial charge >= 0.3 is 6.18 Å². The highest BCUT2D eigenvalue weighted by Gasteiger charge is 2.67. The summed E-state index contributed by atoms with van der Waals surface area (Å²) >= 11 is 0. The number of hydrogen-bond acceptors (Lipinski definition) is 4. The lowest BCUT2D eigenvalue weighted by molar-refractivity contribution is -0.137. The molecular weight excluding hydrogens is 333 g/mol. The van der Waals surface area contributed by atoms with E-state index < -0.39 is 17.2 Å². The minimum absolute atomic E-state index is 0.122. The first kappa shape index (κ1) is 16.3. The lowest BCUT2D eigenvalue weighted by atomic mass is 9.69. The van der Waals surface area contributed by atoms with E-state index >= 15 is 0 Å². The smallest absolute Gasteiger partial charge is 0.338 e. The van der Waals surface area contributed by atoms with Crippen LogP contribution in [0.1, 0.15) is 44.6 Å². The highest BCUT2D eigenvalue weighted by molar-refractivity contribution is 5.94. The van der Waals surface area contributed by atoms with Crippen molar-refractivity contribution in [2.45, 2.75) is 44.7 Å². The summed E-state index contributed by atoms with van der Waals surface area (Å²) in [6.45, 7) is 4.11. The highest BCUT2D eigenvalue weighted by atomic mass is 19.4. The zero-order valence-corrected chi connectivity index (χ0v) is 13.9. The molecule has 2 aliphatic rings. The summed E-state index contributed by atoms with van der Waals surface area (Å²) in [5.74, 6) is 0.923. The topological polar surface area (TPSA) is 56.0 Å². The van der Waals surface area contributed by atoms with Crippen molar-refractivity contribution in [3.05, 3.63) is 35.7 Å².